The third-order valence-electron chi connectivity index (χ3n) is 4.34. The van der Waals surface area contributed by atoms with Crippen molar-refractivity contribution in [3.8, 4) is 5.75 Å². The van der Waals surface area contributed by atoms with Crippen molar-refractivity contribution in [2.75, 3.05) is 5.32 Å². The fourth-order valence-corrected chi connectivity index (χ4v) is 4.03. The first kappa shape index (κ1) is 21.4. The number of nitrogens with one attached hydrogen (secondary N) is 1. The van der Waals surface area contributed by atoms with Gasteiger partial charge in [-0.25, -0.2) is 4.39 Å². The fourth-order valence-electron chi connectivity index (χ4n) is 2.83. The van der Waals surface area contributed by atoms with E-state index in [2.05, 4.69) is 10.4 Å². The van der Waals surface area contributed by atoms with E-state index in [1.807, 2.05) is 17.5 Å². The number of carbonyl (C=O) groups excluding carboxylic acids is 1. The van der Waals surface area contributed by atoms with E-state index in [4.69, 9.17) is 27.9 Å². The molecule has 5 nitrogen and oxygen atoms in total. The summed E-state index contributed by atoms with van der Waals surface area (Å²) in [6.45, 7) is 0.480. The molecule has 31 heavy (non-hydrogen) atoms. The van der Waals surface area contributed by atoms with E-state index in [0.29, 0.717) is 38.7 Å². The molecule has 0 spiro atoms. The topological polar surface area (TPSA) is 56.2 Å². The van der Waals surface area contributed by atoms with Gasteiger partial charge in [0, 0.05) is 33.4 Å². The molecule has 2 heterocycles. The van der Waals surface area contributed by atoms with Gasteiger partial charge in [0.2, 0.25) is 0 Å². The highest BCUT2D eigenvalue weighted by Gasteiger charge is 2.13. The van der Waals surface area contributed by atoms with Crippen molar-refractivity contribution in [1.29, 1.82) is 0 Å². The molecule has 0 saturated heterocycles. The Morgan fingerprint density at radius 1 is 1.16 bits per heavy atom. The molecule has 2 aromatic heterocycles. The monoisotopic (exact) mass is 475 g/mol. The van der Waals surface area contributed by atoms with Crippen LogP contribution in [0, 0.1) is 5.82 Å². The number of hydrogen-bond acceptors (Lipinski definition) is 4. The zero-order chi connectivity index (χ0) is 21.8. The van der Waals surface area contributed by atoms with Crippen LogP contribution in [-0.4, -0.2) is 15.7 Å². The molecule has 2 aromatic carbocycles. The predicted molar refractivity (Wildman–Crippen MR) is 121 cm³/mol. The third-order valence-corrected chi connectivity index (χ3v) is 5.91. The molecule has 0 bridgehead atoms. The largest absolute Gasteiger partial charge is 0.489 e. The lowest BCUT2D eigenvalue weighted by Crippen LogP contribution is -2.11. The molecule has 158 valence electrons. The maximum Gasteiger partial charge on any atom is 0.266 e. The molecule has 0 unspecified atom stereocenters. The van der Waals surface area contributed by atoms with Crippen molar-refractivity contribution < 1.29 is 13.9 Å². The Bertz CT molecular complexity index is 1200. The zero-order valence-corrected chi connectivity index (χ0v) is 18.3. The number of aromatic nitrogens is 2. The van der Waals surface area contributed by atoms with E-state index >= 15 is 0 Å². The predicted octanol–water partition coefficient (Wildman–Crippen LogP) is 6.27. The Morgan fingerprint density at radius 3 is 2.81 bits per heavy atom. The van der Waals surface area contributed by atoms with Gasteiger partial charge in [-0.15, -0.1) is 11.3 Å². The minimum absolute atomic E-state index is 0.158. The SMILES string of the molecule is O=C(Nc1ccn(Cc2c(F)cccc2Cl)n1)c1cc(COc2cccc(Cl)c2)cs1. The second kappa shape index (κ2) is 9.51. The normalized spacial score (nSPS) is 10.8. The van der Waals surface area contributed by atoms with Gasteiger partial charge in [-0.2, -0.15) is 5.10 Å². The lowest BCUT2D eigenvalue weighted by atomic mass is 10.2. The third kappa shape index (κ3) is 5.44. The molecule has 0 aliphatic heterocycles. The molecule has 0 aliphatic carbocycles. The number of amides is 1. The van der Waals surface area contributed by atoms with Gasteiger partial charge in [-0.3, -0.25) is 9.48 Å². The highest BCUT2D eigenvalue weighted by atomic mass is 35.5. The van der Waals surface area contributed by atoms with E-state index in [1.54, 1.807) is 42.6 Å². The van der Waals surface area contributed by atoms with E-state index in [9.17, 15) is 9.18 Å². The van der Waals surface area contributed by atoms with Gasteiger partial charge in [-0.05, 0) is 41.8 Å². The zero-order valence-electron chi connectivity index (χ0n) is 16.0. The summed E-state index contributed by atoms with van der Waals surface area (Å²) in [5.74, 6) is 0.334. The van der Waals surface area contributed by atoms with E-state index in [1.165, 1.54) is 22.1 Å². The number of hydrogen-bond donors (Lipinski definition) is 1. The summed E-state index contributed by atoms with van der Waals surface area (Å²) in [6.07, 6.45) is 1.65. The summed E-state index contributed by atoms with van der Waals surface area (Å²) in [5, 5.41) is 9.80. The standard InChI is InChI=1S/C22H16Cl2FN3O2S/c23-15-3-1-4-16(10-15)30-12-14-9-20(31-13-14)22(29)26-21-7-8-28(27-21)11-17-18(24)5-2-6-19(17)25/h1-10,13H,11-12H2,(H,26,27,29). The molecule has 0 saturated carbocycles. The summed E-state index contributed by atoms with van der Waals surface area (Å²) in [6, 6.07) is 15.0. The van der Waals surface area contributed by atoms with Crippen LogP contribution >= 0.6 is 34.5 Å². The molecule has 0 fully saturated rings. The van der Waals surface area contributed by atoms with Crippen LogP contribution in [0.15, 0.2) is 66.2 Å². The second-order valence-corrected chi connectivity index (χ2v) is 8.37. The first-order valence-corrected chi connectivity index (χ1v) is 10.8. The van der Waals surface area contributed by atoms with Gasteiger partial charge >= 0.3 is 0 Å². The molecule has 0 atom stereocenters. The van der Waals surface area contributed by atoms with Gasteiger partial charge in [-0.1, -0.05) is 35.3 Å². The Hall–Kier alpha value is -2.87. The highest BCUT2D eigenvalue weighted by molar-refractivity contribution is 7.12. The number of thiophene rings is 1. The fraction of sp³-hybridized carbons (Fsp3) is 0.0909. The summed E-state index contributed by atoms with van der Waals surface area (Å²) in [7, 11) is 0. The lowest BCUT2D eigenvalue weighted by molar-refractivity contribution is 0.103. The van der Waals surface area contributed by atoms with Crippen molar-refractivity contribution in [3.63, 3.8) is 0 Å². The Kier molecular flexibility index (Phi) is 6.56. The van der Waals surface area contributed by atoms with Crippen LogP contribution in [0.4, 0.5) is 10.2 Å². The first-order valence-electron chi connectivity index (χ1n) is 9.21. The van der Waals surface area contributed by atoms with Crippen molar-refractivity contribution in [2.45, 2.75) is 13.2 Å². The molecule has 4 aromatic rings. The summed E-state index contributed by atoms with van der Waals surface area (Å²) < 4.78 is 21.2. The molecule has 0 radical (unpaired) electrons. The highest BCUT2D eigenvalue weighted by Crippen LogP contribution is 2.22. The van der Waals surface area contributed by atoms with Crippen LogP contribution in [-0.2, 0) is 13.2 Å². The van der Waals surface area contributed by atoms with Gasteiger partial charge < -0.3 is 10.1 Å². The maximum atomic E-state index is 14.0. The van der Waals surface area contributed by atoms with Crippen molar-refractivity contribution in [1.82, 2.24) is 9.78 Å². The Morgan fingerprint density at radius 2 is 2.00 bits per heavy atom. The molecule has 4 rings (SSSR count). The molecular formula is C22H16Cl2FN3O2S. The molecule has 0 aliphatic rings. The number of halogens is 3. The van der Waals surface area contributed by atoms with Crippen LogP contribution in [0.2, 0.25) is 10.0 Å². The summed E-state index contributed by atoms with van der Waals surface area (Å²) in [4.78, 5) is 13.1. The number of rotatable bonds is 7. The smallest absolute Gasteiger partial charge is 0.266 e. The molecular weight excluding hydrogens is 460 g/mol. The van der Waals surface area contributed by atoms with E-state index < -0.39 is 5.82 Å². The average molecular weight is 476 g/mol. The summed E-state index contributed by atoms with van der Waals surface area (Å²) in [5.41, 5.74) is 1.21. The van der Waals surface area contributed by atoms with Crippen molar-refractivity contribution in [3.05, 3.63) is 98.0 Å². The minimum Gasteiger partial charge on any atom is -0.489 e. The van der Waals surface area contributed by atoms with Crippen molar-refractivity contribution >= 4 is 46.3 Å². The van der Waals surface area contributed by atoms with Gasteiger partial charge in [0.05, 0.1) is 11.4 Å². The Labute approximate surface area is 192 Å². The number of carbonyl (C=O) groups is 1. The number of benzene rings is 2. The number of nitrogens with zero attached hydrogens (tertiary/aromatic N) is 2. The molecule has 9 heteroatoms. The number of anilines is 1. The van der Waals surface area contributed by atoms with Gasteiger partial charge in [0.25, 0.3) is 5.91 Å². The summed E-state index contributed by atoms with van der Waals surface area (Å²) >= 11 is 13.3. The van der Waals surface area contributed by atoms with Crippen molar-refractivity contribution in [2.24, 2.45) is 0 Å². The van der Waals surface area contributed by atoms with Gasteiger partial charge in [0.1, 0.15) is 18.2 Å². The average Bonchev–Trinajstić information content (AvgIpc) is 3.39. The second-order valence-electron chi connectivity index (χ2n) is 6.62. The van der Waals surface area contributed by atoms with E-state index in [-0.39, 0.29) is 12.5 Å². The van der Waals surface area contributed by atoms with Crippen LogP contribution in [0.5, 0.6) is 5.75 Å². The van der Waals surface area contributed by atoms with Crippen LogP contribution in [0.25, 0.3) is 0 Å². The minimum atomic E-state index is -0.403. The maximum absolute atomic E-state index is 14.0. The van der Waals surface area contributed by atoms with E-state index in [0.717, 1.165) is 5.56 Å². The molecule has 1 N–H and O–H groups in total. The molecule has 1 amide bonds. The van der Waals surface area contributed by atoms with Crippen LogP contribution in [0.3, 0.4) is 0 Å². The van der Waals surface area contributed by atoms with Crippen LogP contribution < -0.4 is 10.1 Å². The Balaban J connectivity index is 1.36. The van der Waals surface area contributed by atoms with Crippen LogP contribution in [0.1, 0.15) is 20.8 Å². The van der Waals surface area contributed by atoms with Gasteiger partial charge in [0.15, 0.2) is 5.82 Å². The first-order chi connectivity index (χ1) is 15.0. The number of ether oxygens (including phenoxy) is 1. The lowest BCUT2D eigenvalue weighted by Gasteiger charge is -2.06. The quantitative estimate of drug-likeness (QED) is 0.342.